The van der Waals surface area contributed by atoms with Crippen LogP contribution in [0, 0.1) is 0 Å². The van der Waals surface area contributed by atoms with Crippen molar-refractivity contribution in [1.82, 2.24) is 25.1 Å². The van der Waals surface area contributed by atoms with Gasteiger partial charge in [-0.3, -0.25) is 4.79 Å². The summed E-state index contributed by atoms with van der Waals surface area (Å²) in [6.45, 7) is 6.70. The summed E-state index contributed by atoms with van der Waals surface area (Å²) < 4.78 is 39.9. The van der Waals surface area contributed by atoms with E-state index in [2.05, 4.69) is 29.2 Å². The van der Waals surface area contributed by atoms with Gasteiger partial charge in [0.15, 0.2) is 10.8 Å². The number of fused-ring (bicyclic) bond motifs is 1. The number of nitrogens with one attached hydrogen (secondary N) is 1. The van der Waals surface area contributed by atoms with E-state index in [0.29, 0.717) is 22.6 Å². The first kappa shape index (κ1) is 23.3. The highest BCUT2D eigenvalue weighted by atomic mass is 32.2. The second-order valence-corrected chi connectivity index (χ2v) is 9.67. The Labute approximate surface area is 193 Å². The van der Waals surface area contributed by atoms with Gasteiger partial charge < -0.3 is 10.2 Å². The molecule has 1 aliphatic rings. The fourth-order valence-corrected chi connectivity index (χ4v) is 4.41. The van der Waals surface area contributed by atoms with Crippen LogP contribution >= 0.6 is 11.8 Å². The van der Waals surface area contributed by atoms with Gasteiger partial charge in [0, 0.05) is 30.4 Å². The van der Waals surface area contributed by atoms with Gasteiger partial charge in [-0.05, 0) is 37.1 Å². The lowest BCUT2D eigenvalue weighted by Gasteiger charge is -2.18. The molecule has 1 aromatic carbocycles. The van der Waals surface area contributed by atoms with Gasteiger partial charge in [0.1, 0.15) is 5.82 Å². The Morgan fingerprint density at radius 2 is 1.85 bits per heavy atom. The van der Waals surface area contributed by atoms with Crippen molar-refractivity contribution in [2.24, 2.45) is 0 Å². The lowest BCUT2D eigenvalue weighted by Crippen LogP contribution is -2.27. The van der Waals surface area contributed by atoms with Crippen LogP contribution in [-0.2, 0) is 12.7 Å². The summed E-state index contributed by atoms with van der Waals surface area (Å²) in [5, 5.41) is 9.09. The van der Waals surface area contributed by atoms with Gasteiger partial charge in [-0.15, -0.1) is 0 Å². The van der Waals surface area contributed by atoms with Crippen molar-refractivity contribution in [2.75, 3.05) is 24.5 Å². The second kappa shape index (κ2) is 9.58. The zero-order chi connectivity index (χ0) is 23.6. The molecule has 0 saturated carbocycles. The Morgan fingerprint density at radius 1 is 1.15 bits per heavy atom. The number of hydrogen-bond donors (Lipinski definition) is 1. The zero-order valence-electron chi connectivity index (χ0n) is 18.4. The number of nitrogens with zero attached hydrogens (tertiary/aromatic N) is 5. The van der Waals surface area contributed by atoms with Crippen molar-refractivity contribution >= 4 is 34.5 Å². The number of rotatable bonds is 7. The molecule has 0 aliphatic carbocycles. The van der Waals surface area contributed by atoms with Gasteiger partial charge in [0.2, 0.25) is 0 Å². The van der Waals surface area contributed by atoms with Crippen molar-refractivity contribution in [3.05, 3.63) is 41.6 Å². The first-order chi connectivity index (χ1) is 15.7. The van der Waals surface area contributed by atoms with Gasteiger partial charge in [0.05, 0.1) is 23.7 Å². The molecule has 2 aromatic heterocycles. The maximum Gasteiger partial charge on any atom is 0.416 e. The van der Waals surface area contributed by atoms with Gasteiger partial charge in [-0.2, -0.15) is 18.3 Å². The van der Waals surface area contributed by atoms with E-state index >= 15 is 0 Å². The van der Waals surface area contributed by atoms with Crippen LogP contribution in [0.25, 0.3) is 11.0 Å². The molecule has 1 amide bonds. The Bertz CT molecular complexity index is 1120. The summed E-state index contributed by atoms with van der Waals surface area (Å²) in [6.07, 6.45) is -0.423. The molecule has 0 atom stereocenters. The summed E-state index contributed by atoms with van der Waals surface area (Å²) in [6, 6.07) is 4.15. The highest BCUT2D eigenvalue weighted by Gasteiger charge is 2.30. The van der Waals surface area contributed by atoms with E-state index in [1.807, 2.05) is 0 Å². The average Bonchev–Trinajstić information content (AvgIpc) is 3.43. The fourth-order valence-electron chi connectivity index (χ4n) is 3.71. The second-order valence-electron chi connectivity index (χ2n) is 8.13. The molecule has 11 heteroatoms. The Kier molecular flexibility index (Phi) is 6.78. The van der Waals surface area contributed by atoms with Crippen LogP contribution in [0.15, 0.2) is 35.6 Å². The normalized spacial score (nSPS) is 14.4. The number of carbonyl (C=O) groups excluding carboxylic acids is 1. The predicted octanol–water partition coefficient (Wildman–Crippen LogP) is 4.38. The molecule has 176 valence electrons. The van der Waals surface area contributed by atoms with Crippen LogP contribution in [0.5, 0.6) is 0 Å². The Balaban J connectivity index is 1.48. The van der Waals surface area contributed by atoms with E-state index in [1.165, 1.54) is 12.1 Å². The molecule has 0 spiro atoms. The number of thioether (sulfide) groups is 1. The number of anilines is 1. The SMILES string of the molecule is CC(C)Sc1nc(N2CCCC2)c2cnn(CCNC(=O)c3ccc(C(F)(F)F)cc3)c2n1. The number of benzene rings is 1. The Hall–Kier alpha value is -2.82. The quantitative estimate of drug-likeness (QED) is 0.401. The molecule has 1 N–H and O–H groups in total. The Morgan fingerprint density at radius 3 is 2.48 bits per heavy atom. The molecule has 1 fully saturated rings. The van der Waals surface area contributed by atoms with Gasteiger partial charge in [-0.1, -0.05) is 25.6 Å². The summed E-state index contributed by atoms with van der Waals surface area (Å²) in [5.41, 5.74) is 0.0899. The van der Waals surface area contributed by atoms with E-state index in [1.54, 1.807) is 22.6 Å². The van der Waals surface area contributed by atoms with Crippen LogP contribution in [0.3, 0.4) is 0 Å². The molecule has 7 nitrogen and oxygen atoms in total. The van der Waals surface area contributed by atoms with E-state index in [9.17, 15) is 18.0 Å². The number of hydrogen-bond acceptors (Lipinski definition) is 6. The maximum atomic E-state index is 12.7. The molecular formula is C22H25F3N6OS. The number of aromatic nitrogens is 4. The first-order valence-corrected chi connectivity index (χ1v) is 11.7. The van der Waals surface area contributed by atoms with Crippen molar-refractivity contribution in [2.45, 2.75) is 49.8 Å². The molecule has 1 aliphatic heterocycles. The lowest BCUT2D eigenvalue weighted by molar-refractivity contribution is -0.137. The summed E-state index contributed by atoms with van der Waals surface area (Å²) in [4.78, 5) is 24.1. The average molecular weight is 479 g/mol. The van der Waals surface area contributed by atoms with Crippen molar-refractivity contribution in [1.29, 1.82) is 0 Å². The molecule has 1 saturated heterocycles. The van der Waals surface area contributed by atoms with Crippen molar-refractivity contribution < 1.29 is 18.0 Å². The number of carbonyl (C=O) groups is 1. The topological polar surface area (TPSA) is 75.9 Å². The molecule has 33 heavy (non-hydrogen) atoms. The van der Waals surface area contributed by atoms with E-state index in [4.69, 9.17) is 9.97 Å². The molecule has 0 unspecified atom stereocenters. The maximum absolute atomic E-state index is 12.7. The van der Waals surface area contributed by atoms with Gasteiger partial charge in [0.25, 0.3) is 5.91 Å². The van der Waals surface area contributed by atoms with Crippen molar-refractivity contribution in [3.8, 4) is 0 Å². The van der Waals surface area contributed by atoms with E-state index in [-0.39, 0.29) is 12.1 Å². The molecule has 0 radical (unpaired) electrons. The molecule has 0 bridgehead atoms. The first-order valence-electron chi connectivity index (χ1n) is 10.8. The van der Waals surface area contributed by atoms with Crippen LogP contribution in [0.1, 0.15) is 42.6 Å². The number of amides is 1. The monoisotopic (exact) mass is 478 g/mol. The molecule has 3 aromatic rings. The minimum absolute atomic E-state index is 0.169. The summed E-state index contributed by atoms with van der Waals surface area (Å²) in [7, 11) is 0. The third-order valence-corrected chi connectivity index (χ3v) is 6.15. The predicted molar refractivity (Wildman–Crippen MR) is 122 cm³/mol. The highest BCUT2D eigenvalue weighted by Crippen LogP contribution is 2.31. The van der Waals surface area contributed by atoms with Gasteiger partial charge in [-0.25, -0.2) is 14.6 Å². The van der Waals surface area contributed by atoms with Crippen LogP contribution in [0.4, 0.5) is 19.0 Å². The summed E-state index contributed by atoms with van der Waals surface area (Å²) in [5.74, 6) is 0.448. The fraction of sp³-hybridized carbons (Fsp3) is 0.455. The minimum Gasteiger partial charge on any atom is -0.356 e. The molecule has 4 rings (SSSR count). The zero-order valence-corrected chi connectivity index (χ0v) is 19.2. The highest BCUT2D eigenvalue weighted by molar-refractivity contribution is 7.99. The van der Waals surface area contributed by atoms with Gasteiger partial charge >= 0.3 is 6.18 Å². The third kappa shape index (κ3) is 5.40. The molecular weight excluding hydrogens is 453 g/mol. The van der Waals surface area contributed by atoms with Crippen molar-refractivity contribution in [3.63, 3.8) is 0 Å². The number of alkyl halides is 3. The van der Waals surface area contributed by atoms with E-state index in [0.717, 1.165) is 49.3 Å². The summed E-state index contributed by atoms with van der Waals surface area (Å²) >= 11 is 1.59. The van der Waals surface area contributed by atoms with Crippen LogP contribution in [-0.4, -0.2) is 50.5 Å². The number of halogens is 3. The molecule has 3 heterocycles. The lowest BCUT2D eigenvalue weighted by atomic mass is 10.1. The minimum atomic E-state index is -4.43. The van der Waals surface area contributed by atoms with Crippen LogP contribution in [0.2, 0.25) is 0 Å². The van der Waals surface area contributed by atoms with E-state index < -0.39 is 17.6 Å². The standard InChI is InChI=1S/C22H25F3N6OS/c1-14(2)33-21-28-18(30-10-3-4-11-30)17-13-27-31(19(17)29-21)12-9-26-20(32)15-5-7-16(8-6-15)22(23,24)25/h5-8,13-14H,3-4,9-12H2,1-2H3,(H,26,32). The third-order valence-electron chi connectivity index (χ3n) is 5.29. The largest absolute Gasteiger partial charge is 0.416 e. The smallest absolute Gasteiger partial charge is 0.356 e. The van der Waals surface area contributed by atoms with Crippen LogP contribution < -0.4 is 10.2 Å².